The van der Waals surface area contributed by atoms with Crippen LogP contribution in [0.2, 0.25) is 0 Å². The number of hydrogen-bond acceptors (Lipinski definition) is 4. The Hall–Kier alpha value is -3.09. The first kappa shape index (κ1) is 18.3. The summed E-state index contributed by atoms with van der Waals surface area (Å²) in [4.78, 5) is 9.26. The molecule has 0 spiro atoms. The van der Waals surface area contributed by atoms with Crippen molar-refractivity contribution in [3.8, 4) is 22.5 Å². The quantitative estimate of drug-likeness (QED) is 0.508. The summed E-state index contributed by atoms with van der Waals surface area (Å²) in [5.41, 5.74) is 4.03. The van der Waals surface area contributed by atoms with Gasteiger partial charge in [0.1, 0.15) is 10.4 Å². The molecule has 5 nitrogen and oxygen atoms in total. The van der Waals surface area contributed by atoms with Crippen LogP contribution in [0.3, 0.4) is 0 Å². The van der Waals surface area contributed by atoms with Gasteiger partial charge >= 0.3 is 0 Å². The Balaban J connectivity index is 2.14. The highest BCUT2D eigenvalue weighted by molar-refractivity contribution is 7.86. The normalized spacial score (nSPS) is 11.6. The zero-order valence-corrected chi connectivity index (χ0v) is 16.0. The summed E-state index contributed by atoms with van der Waals surface area (Å²) in [6.45, 7) is 1.83. The lowest BCUT2D eigenvalue weighted by Gasteiger charge is -2.13. The Kier molecular flexibility index (Phi) is 4.66. The van der Waals surface area contributed by atoms with Crippen molar-refractivity contribution in [3.05, 3.63) is 78.4 Å². The third-order valence-corrected chi connectivity index (χ3v) is 5.58. The lowest BCUT2D eigenvalue weighted by atomic mass is 10.0. The second-order valence-corrected chi connectivity index (χ2v) is 7.76. The molecule has 0 aliphatic heterocycles. The summed E-state index contributed by atoms with van der Waals surface area (Å²) in [6, 6.07) is 22.5. The molecule has 4 rings (SSSR count). The van der Waals surface area contributed by atoms with Gasteiger partial charge in [-0.1, -0.05) is 73.7 Å². The molecule has 0 atom stereocenters. The van der Waals surface area contributed by atoms with Crippen LogP contribution >= 0.6 is 0 Å². The highest BCUT2D eigenvalue weighted by Crippen LogP contribution is 2.33. The molecule has 0 bridgehead atoms. The molecule has 1 heterocycles. The zero-order chi connectivity index (χ0) is 19.7. The maximum Gasteiger partial charge on any atom is 0.297 e. The molecule has 0 aliphatic carbocycles. The molecule has 0 amide bonds. The number of aromatic nitrogens is 2. The second-order valence-electron chi connectivity index (χ2n) is 6.40. The van der Waals surface area contributed by atoms with E-state index >= 15 is 0 Å². The van der Waals surface area contributed by atoms with E-state index in [4.69, 9.17) is 9.97 Å². The van der Waals surface area contributed by atoms with Gasteiger partial charge in [0, 0.05) is 11.1 Å². The minimum atomic E-state index is -4.45. The van der Waals surface area contributed by atoms with Gasteiger partial charge in [-0.25, -0.2) is 9.97 Å². The van der Waals surface area contributed by atoms with E-state index in [1.54, 1.807) is 12.1 Å². The van der Waals surface area contributed by atoms with Crippen LogP contribution in [0.25, 0.3) is 33.5 Å². The Morgan fingerprint density at radius 3 is 1.82 bits per heavy atom. The highest BCUT2D eigenvalue weighted by atomic mass is 32.2. The molecule has 6 heteroatoms. The molecule has 0 unspecified atom stereocenters. The molecule has 140 valence electrons. The number of benzene rings is 3. The molecule has 0 aliphatic rings. The number of rotatable bonds is 4. The van der Waals surface area contributed by atoms with Crippen LogP contribution in [-0.4, -0.2) is 22.9 Å². The monoisotopic (exact) mass is 390 g/mol. The fourth-order valence-electron chi connectivity index (χ4n) is 3.30. The van der Waals surface area contributed by atoms with Crippen molar-refractivity contribution in [1.29, 1.82) is 0 Å². The average molecular weight is 390 g/mol. The van der Waals surface area contributed by atoms with Crippen molar-refractivity contribution < 1.29 is 13.0 Å². The summed E-state index contributed by atoms with van der Waals surface area (Å²) in [6.07, 6.45) is 0.452. The molecule has 0 fully saturated rings. The molecule has 0 radical (unpaired) electrons. The fourth-order valence-corrected chi connectivity index (χ4v) is 4.24. The maximum atomic E-state index is 12.1. The van der Waals surface area contributed by atoms with E-state index in [0.29, 0.717) is 28.9 Å². The standard InChI is InChI=1S/C22H18N2O3S/c1-2-15-13-14-18-21(22(15)28(25,26)27)24-20(17-11-7-4-8-12-17)19(23-18)16-9-5-3-6-10-16/h3-14H,2H2,1H3,(H,25,26,27). The Morgan fingerprint density at radius 1 is 0.786 bits per heavy atom. The summed E-state index contributed by atoms with van der Waals surface area (Å²) >= 11 is 0. The van der Waals surface area contributed by atoms with Gasteiger partial charge in [0.05, 0.1) is 16.9 Å². The van der Waals surface area contributed by atoms with Gasteiger partial charge < -0.3 is 0 Å². The predicted molar refractivity (Wildman–Crippen MR) is 110 cm³/mol. The van der Waals surface area contributed by atoms with E-state index in [-0.39, 0.29) is 10.4 Å². The van der Waals surface area contributed by atoms with E-state index < -0.39 is 10.1 Å². The number of nitrogens with zero attached hydrogens (tertiary/aromatic N) is 2. The molecule has 0 saturated carbocycles. The van der Waals surface area contributed by atoms with Crippen LogP contribution in [0.1, 0.15) is 12.5 Å². The minimum Gasteiger partial charge on any atom is -0.282 e. The van der Waals surface area contributed by atoms with Gasteiger partial charge in [0.15, 0.2) is 0 Å². The third kappa shape index (κ3) is 3.28. The lowest BCUT2D eigenvalue weighted by molar-refractivity contribution is 0.483. The van der Waals surface area contributed by atoms with Crippen molar-refractivity contribution in [3.63, 3.8) is 0 Å². The third-order valence-electron chi connectivity index (χ3n) is 4.61. The van der Waals surface area contributed by atoms with Gasteiger partial charge in [-0.3, -0.25) is 4.55 Å². The van der Waals surface area contributed by atoms with Crippen LogP contribution in [0, 0.1) is 0 Å². The molecule has 4 aromatic rings. The molecule has 1 N–H and O–H groups in total. The smallest absolute Gasteiger partial charge is 0.282 e. The Bertz CT molecular complexity index is 1260. The molecular formula is C22H18N2O3S. The average Bonchev–Trinajstić information content (AvgIpc) is 2.72. The first-order valence-electron chi connectivity index (χ1n) is 8.91. The maximum absolute atomic E-state index is 12.1. The van der Waals surface area contributed by atoms with E-state index in [0.717, 1.165) is 11.1 Å². The van der Waals surface area contributed by atoms with Gasteiger partial charge in [0.25, 0.3) is 10.1 Å². The predicted octanol–water partition coefficient (Wildman–Crippen LogP) is 4.77. The van der Waals surface area contributed by atoms with Crippen LogP contribution in [0.5, 0.6) is 0 Å². The van der Waals surface area contributed by atoms with Gasteiger partial charge in [-0.15, -0.1) is 0 Å². The van der Waals surface area contributed by atoms with Crippen molar-refractivity contribution in [2.75, 3.05) is 0 Å². The van der Waals surface area contributed by atoms with E-state index in [2.05, 4.69) is 0 Å². The van der Waals surface area contributed by atoms with Crippen molar-refractivity contribution in [2.45, 2.75) is 18.2 Å². The fraction of sp³-hybridized carbons (Fsp3) is 0.0909. The second kappa shape index (κ2) is 7.14. The Labute approximate surface area is 163 Å². The van der Waals surface area contributed by atoms with E-state index in [9.17, 15) is 13.0 Å². The molecule has 3 aromatic carbocycles. The summed E-state index contributed by atoms with van der Waals surface area (Å²) in [5.74, 6) is 0. The van der Waals surface area contributed by atoms with Crippen molar-refractivity contribution in [1.82, 2.24) is 9.97 Å². The van der Waals surface area contributed by atoms with Crippen LogP contribution in [0.15, 0.2) is 77.7 Å². The van der Waals surface area contributed by atoms with Crippen LogP contribution in [0.4, 0.5) is 0 Å². The summed E-state index contributed by atoms with van der Waals surface area (Å²) < 4.78 is 34.1. The first-order chi connectivity index (χ1) is 13.5. The van der Waals surface area contributed by atoms with E-state index in [1.807, 2.05) is 67.6 Å². The number of aryl methyl sites for hydroxylation is 1. The molecular weight excluding hydrogens is 372 g/mol. The first-order valence-corrected chi connectivity index (χ1v) is 10.3. The Morgan fingerprint density at radius 2 is 1.32 bits per heavy atom. The minimum absolute atomic E-state index is 0.170. The molecule has 1 aromatic heterocycles. The van der Waals surface area contributed by atoms with Gasteiger partial charge in [-0.2, -0.15) is 8.42 Å². The van der Waals surface area contributed by atoms with Crippen LogP contribution < -0.4 is 0 Å². The lowest BCUT2D eigenvalue weighted by Crippen LogP contribution is -2.07. The van der Waals surface area contributed by atoms with Gasteiger partial charge in [-0.05, 0) is 18.1 Å². The number of hydrogen-bond donors (Lipinski definition) is 1. The zero-order valence-electron chi connectivity index (χ0n) is 15.2. The summed E-state index contributed by atoms with van der Waals surface area (Å²) in [7, 11) is -4.45. The van der Waals surface area contributed by atoms with Crippen molar-refractivity contribution >= 4 is 21.2 Å². The van der Waals surface area contributed by atoms with Crippen LogP contribution in [-0.2, 0) is 16.5 Å². The number of fused-ring (bicyclic) bond motifs is 1. The topological polar surface area (TPSA) is 80.2 Å². The largest absolute Gasteiger partial charge is 0.297 e. The van der Waals surface area contributed by atoms with E-state index in [1.165, 1.54) is 0 Å². The molecule has 28 heavy (non-hydrogen) atoms. The van der Waals surface area contributed by atoms with Gasteiger partial charge in [0.2, 0.25) is 0 Å². The molecule has 0 saturated heterocycles. The highest BCUT2D eigenvalue weighted by Gasteiger charge is 2.23. The SMILES string of the molecule is CCc1ccc2nc(-c3ccccc3)c(-c3ccccc3)nc2c1S(=O)(=O)O. The van der Waals surface area contributed by atoms with Crippen molar-refractivity contribution in [2.24, 2.45) is 0 Å². The summed E-state index contributed by atoms with van der Waals surface area (Å²) in [5, 5.41) is 0.